The average molecular weight is 378 g/mol. The van der Waals surface area contributed by atoms with Crippen LogP contribution in [0.25, 0.3) is 32.9 Å². The summed E-state index contributed by atoms with van der Waals surface area (Å²) in [5.74, 6) is 0.668. The molecule has 3 nitrogen and oxygen atoms in total. The van der Waals surface area contributed by atoms with Crippen LogP contribution in [-0.4, -0.2) is 0 Å². The molecule has 3 heteroatoms. The molecule has 0 spiro atoms. The van der Waals surface area contributed by atoms with E-state index < -0.39 is 0 Å². The topological polar surface area (TPSA) is 39.4 Å². The molecule has 0 amide bonds. The van der Waals surface area contributed by atoms with E-state index in [9.17, 15) is 4.79 Å². The molecule has 1 heterocycles. The van der Waals surface area contributed by atoms with E-state index >= 15 is 0 Å². The first-order valence-corrected chi connectivity index (χ1v) is 9.50. The summed E-state index contributed by atoms with van der Waals surface area (Å²) in [7, 11) is 0. The summed E-state index contributed by atoms with van der Waals surface area (Å²) in [6.07, 6.45) is 1.52. The second kappa shape index (κ2) is 7.28. The van der Waals surface area contributed by atoms with Crippen molar-refractivity contribution in [2.45, 2.75) is 6.61 Å². The SMILES string of the molecule is O=c1c(-c2ccccc2)coc2cc(OCc3cccc4ccccc34)ccc12. The summed E-state index contributed by atoms with van der Waals surface area (Å²) in [4.78, 5) is 12.9. The van der Waals surface area contributed by atoms with Crippen LogP contribution >= 0.6 is 0 Å². The number of fused-ring (bicyclic) bond motifs is 2. The van der Waals surface area contributed by atoms with Gasteiger partial charge in [0, 0.05) is 6.07 Å². The third-order valence-corrected chi connectivity index (χ3v) is 5.11. The largest absolute Gasteiger partial charge is 0.489 e. The fourth-order valence-corrected chi connectivity index (χ4v) is 3.59. The quantitative estimate of drug-likeness (QED) is 0.374. The normalized spacial score (nSPS) is 11.0. The summed E-state index contributed by atoms with van der Waals surface area (Å²) in [5, 5.41) is 2.91. The zero-order chi connectivity index (χ0) is 19.6. The van der Waals surface area contributed by atoms with Crippen LogP contribution in [0.5, 0.6) is 5.75 Å². The van der Waals surface area contributed by atoms with E-state index in [0.717, 1.165) is 11.1 Å². The van der Waals surface area contributed by atoms with E-state index in [2.05, 4.69) is 24.3 Å². The first kappa shape index (κ1) is 17.3. The Labute approximate surface area is 167 Å². The molecule has 4 aromatic carbocycles. The molecule has 29 heavy (non-hydrogen) atoms. The molecule has 0 aliphatic heterocycles. The highest BCUT2D eigenvalue weighted by molar-refractivity contribution is 5.85. The van der Waals surface area contributed by atoms with Crippen molar-refractivity contribution >= 4 is 21.7 Å². The number of benzene rings is 4. The Bertz CT molecular complexity index is 1360. The second-order valence-corrected chi connectivity index (χ2v) is 6.93. The van der Waals surface area contributed by atoms with Crippen molar-refractivity contribution < 1.29 is 9.15 Å². The minimum atomic E-state index is -0.0435. The number of hydrogen-bond acceptors (Lipinski definition) is 3. The molecule has 5 rings (SSSR count). The monoisotopic (exact) mass is 378 g/mol. The van der Waals surface area contributed by atoms with Gasteiger partial charge in [-0.2, -0.15) is 0 Å². The van der Waals surface area contributed by atoms with Gasteiger partial charge in [0.05, 0.1) is 10.9 Å². The summed E-state index contributed by atoms with van der Waals surface area (Å²) in [5.41, 5.74) is 2.99. The van der Waals surface area contributed by atoms with E-state index in [1.165, 1.54) is 17.0 Å². The van der Waals surface area contributed by atoms with Gasteiger partial charge in [-0.3, -0.25) is 4.79 Å². The smallest absolute Gasteiger partial charge is 0.200 e. The molecule has 140 valence electrons. The molecule has 0 atom stereocenters. The minimum absolute atomic E-state index is 0.0435. The van der Waals surface area contributed by atoms with E-state index in [1.807, 2.05) is 54.6 Å². The number of hydrogen-bond donors (Lipinski definition) is 0. The van der Waals surface area contributed by atoms with Gasteiger partial charge in [-0.05, 0) is 34.0 Å². The minimum Gasteiger partial charge on any atom is -0.489 e. The summed E-state index contributed by atoms with van der Waals surface area (Å²) in [6, 6.07) is 29.3. The van der Waals surface area contributed by atoms with Gasteiger partial charge in [-0.15, -0.1) is 0 Å². The molecular formula is C26H18O3. The van der Waals surface area contributed by atoms with Crippen molar-refractivity contribution in [3.05, 3.63) is 113 Å². The highest BCUT2D eigenvalue weighted by Gasteiger charge is 2.10. The van der Waals surface area contributed by atoms with Gasteiger partial charge in [0.2, 0.25) is 0 Å². The Morgan fingerprint density at radius 1 is 0.759 bits per heavy atom. The maximum absolute atomic E-state index is 12.9. The van der Waals surface area contributed by atoms with Crippen molar-refractivity contribution in [3.63, 3.8) is 0 Å². The molecule has 0 aliphatic rings. The van der Waals surface area contributed by atoms with E-state index in [1.54, 1.807) is 12.1 Å². The Morgan fingerprint density at radius 3 is 2.45 bits per heavy atom. The van der Waals surface area contributed by atoms with Crippen molar-refractivity contribution in [1.29, 1.82) is 0 Å². The van der Waals surface area contributed by atoms with Crippen molar-refractivity contribution in [1.82, 2.24) is 0 Å². The summed E-state index contributed by atoms with van der Waals surface area (Å²) in [6.45, 7) is 0.444. The lowest BCUT2D eigenvalue weighted by atomic mass is 10.1. The third kappa shape index (κ3) is 3.27. The van der Waals surface area contributed by atoms with E-state index in [4.69, 9.17) is 9.15 Å². The molecule has 0 bridgehead atoms. The number of rotatable bonds is 4. The van der Waals surface area contributed by atoms with Crippen LogP contribution in [-0.2, 0) is 6.61 Å². The zero-order valence-corrected chi connectivity index (χ0v) is 15.7. The molecule has 0 aliphatic carbocycles. The van der Waals surface area contributed by atoms with Crippen LogP contribution in [0.15, 0.2) is 106 Å². The summed E-state index contributed by atoms with van der Waals surface area (Å²) < 4.78 is 11.8. The van der Waals surface area contributed by atoms with Gasteiger partial charge in [0.1, 0.15) is 24.2 Å². The van der Waals surface area contributed by atoms with Gasteiger partial charge in [0.15, 0.2) is 5.43 Å². The highest BCUT2D eigenvalue weighted by Crippen LogP contribution is 2.25. The van der Waals surface area contributed by atoms with Crippen LogP contribution in [0.2, 0.25) is 0 Å². The Balaban J connectivity index is 1.45. The molecule has 0 saturated heterocycles. The fourth-order valence-electron chi connectivity index (χ4n) is 3.59. The molecular weight excluding hydrogens is 360 g/mol. The Kier molecular flexibility index (Phi) is 4.34. The average Bonchev–Trinajstić information content (AvgIpc) is 2.78. The number of ether oxygens (including phenoxy) is 1. The maximum atomic E-state index is 12.9. The predicted molar refractivity (Wildman–Crippen MR) is 116 cm³/mol. The lowest BCUT2D eigenvalue weighted by molar-refractivity contribution is 0.307. The van der Waals surface area contributed by atoms with Crippen LogP contribution in [0, 0.1) is 0 Å². The standard InChI is InChI=1S/C26H18O3/c27-26-23-14-13-21(15-25(23)29-17-24(26)19-7-2-1-3-8-19)28-16-20-11-6-10-18-9-4-5-12-22(18)20/h1-15,17H,16H2. The first-order chi connectivity index (χ1) is 14.3. The second-order valence-electron chi connectivity index (χ2n) is 6.93. The molecule has 0 saturated carbocycles. The fraction of sp³-hybridized carbons (Fsp3) is 0.0385. The van der Waals surface area contributed by atoms with Crippen molar-refractivity contribution in [2.75, 3.05) is 0 Å². The van der Waals surface area contributed by atoms with Gasteiger partial charge in [0.25, 0.3) is 0 Å². The van der Waals surface area contributed by atoms with Crippen LogP contribution in [0.4, 0.5) is 0 Å². The Morgan fingerprint density at radius 2 is 1.55 bits per heavy atom. The third-order valence-electron chi connectivity index (χ3n) is 5.11. The molecule has 0 fully saturated rings. The van der Waals surface area contributed by atoms with Crippen molar-refractivity contribution in [2.24, 2.45) is 0 Å². The lowest BCUT2D eigenvalue weighted by Gasteiger charge is -2.10. The molecule has 5 aromatic rings. The molecule has 0 N–H and O–H groups in total. The van der Waals surface area contributed by atoms with Crippen LogP contribution in [0.1, 0.15) is 5.56 Å². The predicted octanol–water partition coefficient (Wildman–Crippen LogP) is 6.19. The van der Waals surface area contributed by atoms with E-state index in [-0.39, 0.29) is 5.43 Å². The van der Waals surface area contributed by atoms with Crippen molar-refractivity contribution in [3.8, 4) is 16.9 Å². The van der Waals surface area contributed by atoms with Gasteiger partial charge < -0.3 is 9.15 Å². The van der Waals surface area contributed by atoms with Crippen LogP contribution < -0.4 is 10.2 Å². The van der Waals surface area contributed by atoms with Crippen LogP contribution in [0.3, 0.4) is 0 Å². The lowest BCUT2D eigenvalue weighted by Crippen LogP contribution is -2.05. The first-order valence-electron chi connectivity index (χ1n) is 9.50. The Hall–Kier alpha value is -3.85. The highest BCUT2D eigenvalue weighted by atomic mass is 16.5. The van der Waals surface area contributed by atoms with Gasteiger partial charge in [-0.1, -0.05) is 72.8 Å². The zero-order valence-electron chi connectivity index (χ0n) is 15.7. The molecule has 1 aromatic heterocycles. The van der Waals surface area contributed by atoms with Gasteiger partial charge >= 0.3 is 0 Å². The van der Waals surface area contributed by atoms with E-state index in [0.29, 0.717) is 28.9 Å². The maximum Gasteiger partial charge on any atom is 0.200 e. The molecule has 0 unspecified atom stereocenters. The molecule has 0 radical (unpaired) electrons. The summed E-state index contributed by atoms with van der Waals surface area (Å²) >= 11 is 0. The van der Waals surface area contributed by atoms with Gasteiger partial charge in [-0.25, -0.2) is 0 Å².